The van der Waals surface area contributed by atoms with Crippen LogP contribution in [0, 0.1) is 5.41 Å². The van der Waals surface area contributed by atoms with E-state index in [0.29, 0.717) is 17.5 Å². The molecule has 4 rings (SSSR count). The third-order valence-corrected chi connectivity index (χ3v) is 8.01. The van der Waals surface area contributed by atoms with Crippen molar-refractivity contribution < 1.29 is 21.6 Å². The Hall–Kier alpha value is -1.35. The molecule has 0 atom stereocenters. The van der Waals surface area contributed by atoms with Crippen molar-refractivity contribution in [3.05, 3.63) is 24.0 Å². The molecule has 3 fully saturated rings. The quantitative estimate of drug-likeness (QED) is 0.776. The largest absolute Gasteiger partial charge is 0.433 e. The fourth-order valence-corrected chi connectivity index (χ4v) is 6.89. The Morgan fingerprint density at radius 3 is 2.35 bits per heavy atom. The van der Waals surface area contributed by atoms with Crippen LogP contribution in [0.4, 0.5) is 18.9 Å². The lowest BCUT2D eigenvalue weighted by Crippen LogP contribution is -2.51. The number of likely N-dealkylation sites (tertiary alicyclic amines) is 1. The van der Waals surface area contributed by atoms with E-state index in [1.807, 2.05) is 0 Å². The van der Waals surface area contributed by atoms with Crippen molar-refractivity contribution in [2.75, 3.05) is 42.6 Å². The number of piperidine rings is 1. The molecular weight excluding hydrogens is 367 g/mol. The summed E-state index contributed by atoms with van der Waals surface area (Å²) in [7, 11) is -2.81. The third-order valence-electron chi connectivity index (χ3n) is 5.90. The molecule has 0 bridgehead atoms. The van der Waals surface area contributed by atoms with Crippen LogP contribution < -0.4 is 4.90 Å². The maximum atomic E-state index is 12.6. The van der Waals surface area contributed by atoms with Crippen LogP contribution in [0.25, 0.3) is 0 Å². The molecule has 1 aromatic rings. The molecule has 3 aliphatic heterocycles. The van der Waals surface area contributed by atoms with Crippen molar-refractivity contribution >= 4 is 15.5 Å². The fraction of sp³-hybridized carbons (Fsp3) is 0.706. The SMILES string of the molecule is O=S1(=O)CC2(CCN(C3CCN(c4ccc(C(F)(F)F)nc4)CC3)C2)C1. The molecule has 0 radical (unpaired) electrons. The van der Waals surface area contributed by atoms with Crippen LogP contribution >= 0.6 is 0 Å². The van der Waals surface area contributed by atoms with Crippen LogP contribution in [0.2, 0.25) is 0 Å². The van der Waals surface area contributed by atoms with Gasteiger partial charge in [-0.15, -0.1) is 0 Å². The minimum Gasteiger partial charge on any atom is -0.370 e. The van der Waals surface area contributed by atoms with Crippen molar-refractivity contribution in [2.24, 2.45) is 5.41 Å². The van der Waals surface area contributed by atoms with Crippen LogP contribution in [0.15, 0.2) is 18.3 Å². The van der Waals surface area contributed by atoms with E-state index in [2.05, 4.69) is 14.8 Å². The average molecular weight is 389 g/mol. The molecule has 0 saturated carbocycles. The first-order chi connectivity index (χ1) is 12.2. The predicted molar refractivity (Wildman–Crippen MR) is 91.8 cm³/mol. The normalized spacial score (nSPS) is 26.2. The molecule has 0 N–H and O–H groups in total. The van der Waals surface area contributed by atoms with E-state index >= 15 is 0 Å². The number of rotatable bonds is 2. The van der Waals surface area contributed by atoms with Gasteiger partial charge in [-0.3, -0.25) is 4.90 Å². The van der Waals surface area contributed by atoms with E-state index in [1.165, 1.54) is 12.3 Å². The van der Waals surface area contributed by atoms with Gasteiger partial charge in [-0.25, -0.2) is 13.4 Å². The second kappa shape index (κ2) is 6.09. The highest BCUT2D eigenvalue weighted by Gasteiger charge is 2.52. The highest BCUT2D eigenvalue weighted by molar-refractivity contribution is 7.92. The predicted octanol–water partition coefficient (Wildman–Crippen LogP) is 2.19. The van der Waals surface area contributed by atoms with E-state index in [-0.39, 0.29) is 5.41 Å². The molecule has 3 aliphatic rings. The Bertz CT molecular complexity index is 759. The van der Waals surface area contributed by atoms with Crippen molar-refractivity contribution in [1.82, 2.24) is 9.88 Å². The maximum Gasteiger partial charge on any atom is 0.433 e. The molecule has 26 heavy (non-hydrogen) atoms. The van der Waals surface area contributed by atoms with Gasteiger partial charge < -0.3 is 4.90 Å². The van der Waals surface area contributed by atoms with Crippen molar-refractivity contribution in [2.45, 2.75) is 31.5 Å². The minimum atomic E-state index is -4.41. The molecule has 9 heteroatoms. The minimum absolute atomic E-state index is 0.0205. The van der Waals surface area contributed by atoms with Crippen LogP contribution in [-0.4, -0.2) is 62.0 Å². The molecule has 1 spiro atoms. The zero-order valence-corrected chi connectivity index (χ0v) is 15.2. The molecule has 3 saturated heterocycles. The number of hydrogen-bond donors (Lipinski definition) is 0. The molecule has 4 heterocycles. The Labute approximate surface area is 151 Å². The lowest BCUT2D eigenvalue weighted by atomic mass is 9.91. The topological polar surface area (TPSA) is 53.5 Å². The van der Waals surface area contributed by atoms with Gasteiger partial charge in [0, 0.05) is 31.1 Å². The Balaban J connectivity index is 1.32. The third kappa shape index (κ3) is 3.43. The smallest absolute Gasteiger partial charge is 0.370 e. The lowest BCUT2D eigenvalue weighted by Gasteiger charge is -2.41. The average Bonchev–Trinajstić information content (AvgIpc) is 2.98. The summed E-state index contributed by atoms with van der Waals surface area (Å²) in [5.41, 5.74) is -0.166. The number of pyridine rings is 1. The first-order valence-corrected chi connectivity index (χ1v) is 10.7. The van der Waals surface area contributed by atoms with E-state index in [4.69, 9.17) is 0 Å². The fourth-order valence-electron chi connectivity index (χ4n) is 4.64. The Kier molecular flexibility index (Phi) is 4.22. The highest BCUT2D eigenvalue weighted by Crippen LogP contribution is 2.43. The van der Waals surface area contributed by atoms with Gasteiger partial charge in [-0.1, -0.05) is 0 Å². The molecule has 0 unspecified atom stereocenters. The van der Waals surface area contributed by atoms with Crippen LogP contribution in [0.1, 0.15) is 25.0 Å². The molecule has 0 aliphatic carbocycles. The Morgan fingerprint density at radius 1 is 1.12 bits per heavy atom. The molecule has 0 amide bonds. The standard InChI is InChI=1S/C17H22F3N3O2S/c18-17(19,20)15-2-1-14(9-21-15)22-6-3-13(4-7-22)23-8-5-16(10-23)11-26(24,25)12-16/h1-2,9,13H,3-8,10-12H2. The second-order valence-corrected chi connectivity index (χ2v) is 9.93. The Morgan fingerprint density at radius 2 is 1.81 bits per heavy atom. The summed E-state index contributed by atoms with van der Waals surface area (Å²) in [6.07, 6.45) is -0.289. The summed E-state index contributed by atoms with van der Waals surface area (Å²) >= 11 is 0. The zero-order valence-electron chi connectivity index (χ0n) is 14.4. The monoisotopic (exact) mass is 389 g/mol. The molecule has 0 aromatic carbocycles. The lowest BCUT2D eigenvalue weighted by molar-refractivity contribution is -0.141. The number of halogens is 3. The van der Waals surface area contributed by atoms with Crippen molar-refractivity contribution in [3.8, 4) is 0 Å². The zero-order chi connectivity index (χ0) is 18.6. The van der Waals surface area contributed by atoms with Gasteiger partial charge in [0.05, 0.1) is 23.4 Å². The summed E-state index contributed by atoms with van der Waals surface area (Å²) < 4.78 is 60.9. The summed E-state index contributed by atoms with van der Waals surface area (Å²) in [6, 6.07) is 2.94. The van der Waals surface area contributed by atoms with Gasteiger partial charge in [-0.05, 0) is 37.9 Å². The van der Waals surface area contributed by atoms with Crippen molar-refractivity contribution in [1.29, 1.82) is 0 Å². The summed E-state index contributed by atoms with van der Waals surface area (Å²) in [4.78, 5) is 8.03. The van der Waals surface area contributed by atoms with Gasteiger partial charge in [-0.2, -0.15) is 13.2 Å². The van der Waals surface area contributed by atoms with Crippen molar-refractivity contribution in [3.63, 3.8) is 0 Å². The molecular formula is C17H22F3N3O2S. The number of hydrogen-bond acceptors (Lipinski definition) is 5. The van der Waals surface area contributed by atoms with E-state index in [1.54, 1.807) is 0 Å². The van der Waals surface area contributed by atoms with Crippen LogP contribution in [0.3, 0.4) is 0 Å². The first-order valence-electron chi connectivity index (χ1n) is 8.89. The first kappa shape index (κ1) is 18.0. The number of alkyl halides is 3. The molecule has 144 valence electrons. The van der Waals surface area contributed by atoms with Gasteiger partial charge in [0.2, 0.25) is 0 Å². The number of aromatic nitrogens is 1. The van der Waals surface area contributed by atoms with E-state index in [9.17, 15) is 21.6 Å². The number of nitrogens with zero attached hydrogens (tertiary/aromatic N) is 3. The summed E-state index contributed by atoms with van der Waals surface area (Å²) in [6.45, 7) is 3.36. The van der Waals surface area contributed by atoms with E-state index in [0.717, 1.165) is 57.2 Å². The number of sulfone groups is 1. The maximum absolute atomic E-state index is 12.6. The van der Waals surface area contributed by atoms with Crippen LogP contribution in [-0.2, 0) is 16.0 Å². The second-order valence-electron chi connectivity index (χ2n) is 7.87. The summed E-state index contributed by atoms with van der Waals surface area (Å²) in [5.74, 6) is 0.652. The number of anilines is 1. The van der Waals surface area contributed by atoms with Gasteiger partial charge in [0.15, 0.2) is 9.84 Å². The van der Waals surface area contributed by atoms with Gasteiger partial charge >= 0.3 is 6.18 Å². The highest BCUT2D eigenvalue weighted by atomic mass is 32.2. The van der Waals surface area contributed by atoms with Gasteiger partial charge in [0.1, 0.15) is 5.69 Å². The van der Waals surface area contributed by atoms with Crippen LogP contribution in [0.5, 0.6) is 0 Å². The summed E-state index contributed by atoms with van der Waals surface area (Å²) in [5, 5.41) is 0. The van der Waals surface area contributed by atoms with E-state index < -0.39 is 21.7 Å². The molecule has 1 aromatic heterocycles. The van der Waals surface area contributed by atoms with Gasteiger partial charge in [0.25, 0.3) is 0 Å². The molecule has 5 nitrogen and oxygen atoms in total.